The zero-order valence-electron chi connectivity index (χ0n) is 12.2. The highest BCUT2D eigenvalue weighted by Gasteiger charge is 2.06. The van der Waals surface area contributed by atoms with Crippen LogP contribution in [0.1, 0.15) is 17.0 Å². The molecule has 0 amide bonds. The lowest BCUT2D eigenvalue weighted by Crippen LogP contribution is -2.05. The number of nitrogen functional groups attached to an aromatic ring is 1. The third-order valence-electron chi connectivity index (χ3n) is 3.52. The number of fused-ring (bicyclic) bond motifs is 1. The van der Waals surface area contributed by atoms with Crippen molar-refractivity contribution in [3.05, 3.63) is 59.5 Å². The number of aromatic nitrogens is 2. The average Bonchev–Trinajstić information content (AvgIpc) is 2.47. The normalized spacial score (nSPS) is 10.8. The fourth-order valence-corrected chi connectivity index (χ4v) is 2.40. The third-order valence-corrected chi connectivity index (χ3v) is 3.52. The molecular formula is C17H18N4. The minimum atomic E-state index is 0.681. The summed E-state index contributed by atoms with van der Waals surface area (Å²) in [6, 6.07) is 11.8. The summed E-state index contributed by atoms with van der Waals surface area (Å²) < 4.78 is 0. The summed E-state index contributed by atoms with van der Waals surface area (Å²) in [6.07, 6.45) is 1.82. The van der Waals surface area contributed by atoms with Crippen LogP contribution in [0.3, 0.4) is 0 Å². The molecular weight excluding hydrogens is 260 g/mol. The van der Waals surface area contributed by atoms with Crippen LogP contribution in [-0.2, 0) is 6.54 Å². The van der Waals surface area contributed by atoms with E-state index < -0.39 is 0 Å². The summed E-state index contributed by atoms with van der Waals surface area (Å²) in [6.45, 7) is 4.74. The minimum absolute atomic E-state index is 0.681. The number of nitrogens with one attached hydrogen (secondary N) is 1. The number of nitrogens with zero attached hydrogens (tertiary/aromatic N) is 2. The first-order valence-electron chi connectivity index (χ1n) is 6.95. The van der Waals surface area contributed by atoms with Crippen LogP contribution in [-0.4, -0.2) is 9.97 Å². The molecule has 106 valence electrons. The van der Waals surface area contributed by atoms with E-state index in [0.717, 1.165) is 33.7 Å². The van der Waals surface area contributed by atoms with Crippen molar-refractivity contribution < 1.29 is 0 Å². The molecule has 0 fully saturated rings. The number of hydrogen-bond acceptors (Lipinski definition) is 4. The van der Waals surface area contributed by atoms with Crippen LogP contribution in [0.2, 0.25) is 0 Å². The Morgan fingerprint density at radius 3 is 2.81 bits per heavy atom. The first kappa shape index (κ1) is 13.4. The van der Waals surface area contributed by atoms with Gasteiger partial charge in [0.1, 0.15) is 0 Å². The number of aryl methyl sites for hydroxylation is 2. The maximum atomic E-state index is 5.89. The highest BCUT2D eigenvalue weighted by Crippen LogP contribution is 2.25. The molecule has 21 heavy (non-hydrogen) atoms. The van der Waals surface area contributed by atoms with Crippen molar-refractivity contribution in [2.24, 2.45) is 0 Å². The number of hydrogen-bond donors (Lipinski definition) is 2. The van der Waals surface area contributed by atoms with E-state index in [4.69, 9.17) is 5.73 Å². The van der Waals surface area contributed by atoms with E-state index in [2.05, 4.69) is 28.3 Å². The smallest absolute Gasteiger partial charge is 0.0727 e. The van der Waals surface area contributed by atoms with Crippen LogP contribution in [0.5, 0.6) is 0 Å². The molecule has 4 nitrogen and oxygen atoms in total. The third kappa shape index (κ3) is 2.79. The van der Waals surface area contributed by atoms with Crippen LogP contribution in [0.25, 0.3) is 10.9 Å². The fourth-order valence-electron chi connectivity index (χ4n) is 2.40. The van der Waals surface area contributed by atoms with Crippen molar-refractivity contribution in [1.29, 1.82) is 0 Å². The van der Waals surface area contributed by atoms with E-state index in [1.54, 1.807) is 0 Å². The lowest BCUT2D eigenvalue weighted by Gasteiger charge is -2.12. The molecule has 3 rings (SSSR count). The molecule has 0 aliphatic carbocycles. The van der Waals surface area contributed by atoms with E-state index >= 15 is 0 Å². The number of rotatable bonds is 3. The molecule has 0 radical (unpaired) electrons. The lowest BCUT2D eigenvalue weighted by atomic mass is 10.1. The van der Waals surface area contributed by atoms with Gasteiger partial charge in [0.15, 0.2) is 0 Å². The second-order valence-corrected chi connectivity index (χ2v) is 5.21. The van der Waals surface area contributed by atoms with Gasteiger partial charge < -0.3 is 11.1 Å². The Hall–Kier alpha value is -2.62. The number of pyridine rings is 2. The number of anilines is 2. The van der Waals surface area contributed by atoms with E-state index in [1.165, 1.54) is 5.56 Å². The quantitative estimate of drug-likeness (QED) is 0.720. The zero-order chi connectivity index (χ0) is 14.8. The van der Waals surface area contributed by atoms with Gasteiger partial charge in [0.25, 0.3) is 0 Å². The molecule has 3 aromatic rings. The van der Waals surface area contributed by atoms with Crippen LogP contribution < -0.4 is 11.1 Å². The van der Waals surface area contributed by atoms with Crippen molar-refractivity contribution >= 4 is 22.3 Å². The zero-order valence-corrected chi connectivity index (χ0v) is 12.2. The molecule has 1 aromatic carbocycles. The molecule has 2 heterocycles. The van der Waals surface area contributed by atoms with Crippen LogP contribution in [0.15, 0.2) is 42.6 Å². The number of benzene rings is 1. The van der Waals surface area contributed by atoms with Gasteiger partial charge in [-0.1, -0.05) is 6.07 Å². The standard InChI is InChI=1S/C17H18N4/c1-11-4-3-7-19-17(11)10-20-16-8-12(2)21-15-6-5-13(18)9-14(15)16/h3-9H,10,18H2,1-2H3,(H,20,21). The molecule has 0 spiro atoms. The second kappa shape index (κ2) is 5.40. The highest BCUT2D eigenvalue weighted by atomic mass is 14.9. The Kier molecular flexibility index (Phi) is 3.44. The Labute approximate surface area is 124 Å². The predicted octanol–water partition coefficient (Wildman–Crippen LogP) is 3.44. The van der Waals surface area contributed by atoms with Crippen molar-refractivity contribution in [2.75, 3.05) is 11.1 Å². The first-order chi connectivity index (χ1) is 10.1. The molecule has 0 saturated heterocycles. The monoisotopic (exact) mass is 278 g/mol. The minimum Gasteiger partial charge on any atom is -0.399 e. The fraction of sp³-hybridized carbons (Fsp3) is 0.176. The lowest BCUT2D eigenvalue weighted by molar-refractivity contribution is 1.02. The Morgan fingerprint density at radius 2 is 2.00 bits per heavy atom. The Balaban J connectivity index is 1.96. The number of nitrogens with two attached hydrogens (primary N) is 1. The summed E-state index contributed by atoms with van der Waals surface area (Å²) in [4.78, 5) is 8.95. The molecule has 0 atom stereocenters. The van der Waals surface area contributed by atoms with Gasteiger partial charge in [-0.3, -0.25) is 9.97 Å². The van der Waals surface area contributed by atoms with Gasteiger partial charge in [-0.15, -0.1) is 0 Å². The van der Waals surface area contributed by atoms with Crippen molar-refractivity contribution in [2.45, 2.75) is 20.4 Å². The molecule has 0 aliphatic heterocycles. The van der Waals surface area contributed by atoms with Gasteiger partial charge in [0.05, 0.1) is 17.8 Å². The molecule has 2 aromatic heterocycles. The summed E-state index contributed by atoms with van der Waals surface area (Å²) in [5, 5.41) is 4.49. The van der Waals surface area contributed by atoms with Gasteiger partial charge in [-0.05, 0) is 49.7 Å². The van der Waals surface area contributed by atoms with Gasteiger partial charge in [0.2, 0.25) is 0 Å². The van der Waals surface area contributed by atoms with E-state index in [9.17, 15) is 0 Å². The Morgan fingerprint density at radius 1 is 1.14 bits per heavy atom. The summed E-state index contributed by atoms with van der Waals surface area (Å²) in [5.41, 5.74) is 11.8. The second-order valence-electron chi connectivity index (χ2n) is 5.21. The largest absolute Gasteiger partial charge is 0.399 e. The summed E-state index contributed by atoms with van der Waals surface area (Å²) >= 11 is 0. The first-order valence-corrected chi connectivity index (χ1v) is 6.95. The van der Waals surface area contributed by atoms with Crippen LogP contribution in [0.4, 0.5) is 11.4 Å². The van der Waals surface area contributed by atoms with Crippen molar-refractivity contribution in [3.63, 3.8) is 0 Å². The van der Waals surface area contributed by atoms with Crippen LogP contribution >= 0.6 is 0 Å². The topological polar surface area (TPSA) is 63.8 Å². The van der Waals surface area contributed by atoms with E-state index in [0.29, 0.717) is 6.54 Å². The van der Waals surface area contributed by atoms with Gasteiger partial charge in [-0.2, -0.15) is 0 Å². The maximum absolute atomic E-state index is 5.89. The van der Waals surface area contributed by atoms with Gasteiger partial charge >= 0.3 is 0 Å². The molecule has 0 aliphatic rings. The predicted molar refractivity (Wildman–Crippen MR) is 87.2 cm³/mol. The van der Waals surface area contributed by atoms with E-state index in [-0.39, 0.29) is 0 Å². The summed E-state index contributed by atoms with van der Waals surface area (Å²) in [5.74, 6) is 0. The average molecular weight is 278 g/mol. The summed E-state index contributed by atoms with van der Waals surface area (Å²) in [7, 11) is 0. The van der Waals surface area contributed by atoms with Crippen molar-refractivity contribution in [1.82, 2.24) is 9.97 Å². The SMILES string of the molecule is Cc1cc(NCc2ncccc2C)c2cc(N)ccc2n1. The van der Waals surface area contributed by atoms with E-state index in [1.807, 2.05) is 43.5 Å². The van der Waals surface area contributed by atoms with Crippen LogP contribution in [0, 0.1) is 13.8 Å². The van der Waals surface area contributed by atoms with Gasteiger partial charge in [-0.25, -0.2) is 0 Å². The molecule has 3 N–H and O–H groups in total. The maximum Gasteiger partial charge on any atom is 0.0727 e. The molecule has 0 bridgehead atoms. The molecule has 4 heteroatoms. The Bertz CT molecular complexity index is 796. The molecule has 0 saturated carbocycles. The molecule has 0 unspecified atom stereocenters. The van der Waals surface area contributed by atoms with Gasteiger partial charge in [0, 0.05) is 28.7 Å². The van der Waals surface area contributed by atoms with Crippen molar-refractivity contribution in [3.8, 4) is 0 Å². The highest BCUT2D eigenvalue weighted by molar-refractivity contribution is 5.93.